The zero-order valence-corrected chi connectivity index (χ0v) is 19.8. The lowest BCUT2D eigenvalue weighted by atomic mass is 10.0. The second-order valence-electron chi connectivity index (χ2n) is 8.43. The lowest BCUT2D eigenvalue weighted by Gasteiger charge is -2.40. The minimum Gasteiger partial charge on any atom is -0.465 e. The van der Waals surface area contributed by atoms with E-state index in [-0.39, 0.29) is 54.4 Å². The molecule has 1 atom stereocenters. The molecule has 2 aromatic rings. The molecule has 0 N–H and O–H groups in total. The average Bonchev–Trinajstić information content (AvgIpc) is 2.82. The summed E-state index contributed by atoms with van der Waals surface area (Å²) in [6.45, 7) is 7.94. The first-order valence-electron chi connectivity index (χ1n) is 10.9. The van der Waals surface area contributed by atoms with Crippen LogP contribution in [0.3, 0.4) is 0 Å². The highest BCUT2D eigenvalue weighted by molar-refractivity contribution is 6.05. The van der Waals surface area contributed by atoms with Crippen molar-refractivity contribution in [2.45, 2.75) is 39.7 Å². The lowest BCUT2D eigenvalue weighted by molar-refractivity contribution is -0.384. The van der Waals surface area contributed by atoms with Crippen LogP contribution in [0.2, 0.25) is 0 Å². The number of methoxy groups -OCH3 is 1. The minimum absolute atomic E-state index is 0.00889. The largest absolute Gasteiger partial charge is 0.465 e. The fraction of sp³-hybridized carbons (Fsp3) is 0.435. The predicted octanol–water partition coefficient (Wildman–Crippen LogP) is 2.59. The van der Waals surface area contributed by atoms with E-state index >= 15 is 0 Å². The second kappa shape index (κ2) is 9.94. The zero-order valence-electron chi connectivity index (χ0n) is 19.8. The maximum absolute atomic E-state index is 13.4. The van der Waals surface area contributed by atoms with Gasteiger partial charge in [-0.2, -0.15) is 0 Å². The Kier molecular flexibility index (Phi) is 7.23. The third-order valence-electron chi connectivity index (χ3n) is 5.69. The van der Waals surface area contributed by atoms with E-state index in [0.717, 1.165) is 0 Å². The van der Waals surface area contributed by atoms with E-state index in [9.17, 15) is 24.5 Å². The summed E-state index contributed by atoms with van der Waals surface area (Å²) in [4.78, 5) is 61.0. The Morgan fingerprint density at radius 2 is 1.76 bits per heavy atom. The van der Waals surface area contributed by atoms with Crippen LogP contribution in [0, 0.1) is 17.0 Å². The van der Waals surface area contributed by atoms with Crippen LogP contribution >= 0.6 is 0 Å². The smallest absolute Gasteiger partial charge is 0.342 e. The lowest BCUT2D eigenvalue weighted by Crippen LogP contribution is -2.55. The summed E-state index contributed by atoms with van der Waals surface area (Å²) < 4.78 is 4.90. The molecule has 1 unspecified atom stereocenters. The molecule has 0 saturated carbocycles. The molecule has 0 bridgehead atoms. The minimum atomic E-state index is -0.674. The summed E-state index contributed by atoms with van der Waals surface area (Å²) >= 11 is 0. The number of amides is 2. The number of carbonyl (C=O) groups excluding carboxylic acids is 3. The van der Waals surface area contributed by atoms with Gasteiger partial charge in [0.15, 0.2) is 0 Å². The third kappa shape index (κ3) is 4.87. The van der Waals surface area contributed by atoms with Gasteiger partial charge in [-0.3, -0.25) is 19.7 Å². The molecule has 1 aliphatic heterocycles. The van der Waals surface area contributed by atoms with Gasteiger partial charge in [0, 0.05) is 43.4 Å². The molecule has 1 aromatic heterocycles. The molecule has 0 spiro atoms. The van der Waals surface area contributed by atoms with Gasteiger partial charge in [-0.15, -0.1) is 0 Å². The third-order valence-corrected chi connectivity index (χ3v) is 5.69. The van der Waals surface area contributed by atoms with Gasteiger partial charge < -0.3 is 14.5 Å². The van der Waals surface area contributed by atoms with Crippen LogP contribution in [0.5, 0.6) is 0 Å². The zero-order chi connectivity index (χ0) is 25.2. The molecule has 1 aliphatic rings. The molecule has 2 amide bonds. The number of nitrogens with zero attached hydrogens (tertiary/aromatic N) is 5. The van der Waals surface area contributed by atoms with Crippen molar-refractivity contribution in [3.8, 4) is 0 Å². The molecular formula is C23H27N5O6. The van der Waals surface area contributed by atoms with Gasteiger partial charge in [0.05, 0.1) is 17.7 Å². The van der Waals surface area contributed by atoms with Crippen LogP contribution in [0.15, 0.2) is 24.3 Å². The Bertz CT molecular complexity index is 1130. The van der Waals surface area contributed by atoms with Crippen molar-refractivity contribution in [2.75, 3.05) is 26.7 Å². The highest BCUT2D eigenvalue weighted by Gasteiger charge is 2.34. The molecule has 1 saturated heterocycles. The molecule has 11 heteroatoms. The van der Waals surface area contributed by atoms with Crippen LogP contribution in [0.25, 0.3) is 0 Å². The first-order valence-corrected chi connectivity index (χ1v) is 10.9. The molecule has 180 valence electrons. The number of aromatic nitrogens is 2. The number of carbonyl (C=O) groups is 3. The molecule has 1 fully saturated rings. The van der Waals surface area contributed by atoms with Crippen LogP contribution in [0.1, 0.15) is 69.4 Å². The number of nitro benzene ring substituents is 1. The molecule has 1 aromatic carbocycles. The van der Waals surface area contributed by atoms with E-state index < -0.39 is 16.8 Å². The Balaban J connectivity index is 1.83. The van der Waals surface area contributed by atoms with Gasteiger partial charge in [0.1, 0.15) is 17.1 Å². The van der Waals surface area contributed by atoms with E-state index in [4.69, 9.17) is 4.74 Å². The summed E-state index contributed by atoms with van der Waals surface area (Å²) in [6.07, 6.45) is 0. The SMILES string of the molecule is COC(=O)c1c(C(=O)N2CCN(C(=O)c3ccc([N+](=O)[O-])cc3)C(C)C2)nc(C)nc1C(C)C. The molecular weight excluding hydrogens is 442 g/mol. The number of hydrogen-bond acceptors (Lipinski definition) is 8. The number of non-ortho nitro benzene ring substituents is 1. The van der Waals surface area contributed by atoms with Crippen LogP contribution < -0.4 is 0 Å². The average molecular weight is 469 g/mol. The van der Waals surface area contributed by atoms with Crippen molar-refractivity contribution in [3.63, 3.8) is 0 Å². The Morgan fingerprint density at radius 1 is 1.12 bits per heavy atom. The molecule has 11 nitrogen and oxygen atoms in total. The van der Waals surface area contributed by atoms with Gasteiger partial charge in [-0.05, 0) is 31.9 Å². The Hall–Kier alpha value is -3.89. The maximum atomic E-state index is 13.4. The van der Waals surface area contributed by atoms with Crippen molar-refractivity contribution in [1.82, 2.24) is 19.8 Å². The monoisotopic (exact) mass is 469 g/mol. The standard InChI is InChI=1S/C23H27N5O6/c1-13(2)19-18(23(31)34-5)20(25-15(4)24-19)22(30)26-10-11-27(14(3)12-26)21(29)16-6-8-17(9-7-16)28(32)33/h6-9,13-14H,10-12H2,1-5H3. The summed E-state index contributed by atoms with van der Waals surface area (Å²) in [5.41, 5.74) is 0.735. The van der Waals surface area contributed by atoms with Crippen molar-refractivity contribution in [3.05, 3.63) is 62.7 Å². The first kappa shape index (κ1) is 24.7. The maximum Gasteiger partial charge on any atom is 0.342 e. The quantitative estimate of drug-likeness (QED) is 0.370. The number of aryl methyl sites for hydroxylation is 1. The van der Waals surface area contributed by atoms with E-state index in [1.54, 1.807) is 16.7 Å². The molecule has 3 rings (SSSR count). The summed E-state index contributed by atoms with van der Waals surface area (Å²) in [5.74, 6) is -1.13. The van der Waals surface area contributed by atoms with Gasteiger partial charge in [-0.1, -0.05) is 13.8 Å². The highest BCUT2D eigenvalue weighted by Crippen LogP contribution is 2.24. The molecule has 0 aliphatic carbocycles. The van der Waals surface area contributed by atoms with Crippen LogP contribution in [-0.2, 0) is 4.74 Å². The number of piperazine rings is 1. The number of rotatable bonds is 5. The number of esters is 1. The Labute approximate surface area is 196 Å². The number of nitro groups is 1. The van der Waals surface area contributed by atoms with Crippen LogP contribution in [-0.4, -0.2) is 75.3 Å². The van der Waals surface area contributed by atoms with Crippen molar-refractivity contribution in [2.24, 2.45) is 0 Å². The number of hydrogen-bond donors (Lipinski definition) is 0. The predicted molar refractivity (Wildman–Crippen MR) is 122 cm³/mol. The van der Waals surface area contributed by atoms with Gasteiger partial charge in [0.25, 0.3) is 17.5 Å². The fourth-order valence-corrected chi connectivity index (χ4v) is 3.96. The van der Waals surface area contributed by atoms with Gasteiger partial charge >= 0.3 is 5.97 Å². The van der Waals surface area contributed by atoms with Crippen molar-refractivity contribution < 1.29 is 24.0 Å². The van der Waals surface area contributed by atoms with E-state index in [2.05, 4.69) is 9.97 Å². The molecule has 34 heavy (non-hydrogen) atoms. The summed E-state index contributed by atoms with van der Waals surface area (Å²) in [5, 5.41) is 10.9. The normalized spacial score (nSPS) is 15.9. The fourth-order valence-electron chi connectivity index (χ4n) is 3.96. The summed E-state index contributed by atoms with van der Waals surface area (Å²) in [7, 11) is 1.24. The van der Waals surface area contributed by atoms with Gasteiger partial charge in [-0.25, -0.2) is 14.8 Å². The number of ether oxygens (including phenoxy) is 1. The molecule has 0 radical (unpaired) electrons. The first-order chi connectivity index (χ1) is 16.0. The number of benzene rings is 1. The van der Waals surface area contributed by atoms with E-state index in [0.29, 0.717) is 17.1 Å². The summed E-state index contributed by atoms with van der Waals surface area (Å²) in [6, 6.07) is 5.09. The highest BCUT2D eigenvalue weighted by atomic mass is 16.6. The molecule has 2 heterocycles. The van der Waals surface area contributed by atoms with Gasteiger partial charge in [0.2, 0.25) is 0 Å². The second-order valence-corrected chi connectivity index (χ2v) is 8.43. The Morgan fingerprint density at radius 3 is 2.29 bits per heavy atom. The topological polar surface area (TPSA) is 136 Å². The van der Waals surface area contributed by atoms with E-state index in [1.807, 2.05) is 20.8 Å². The van der Waals surface area contributed by atoms with Crippen molar-refractivity contribution >= 4 is 23.5 Å². The van der Waals surface area contributed by atoms with Crippen LogP contribution in [0.4, 0.5) is 5.69 Å². The van der Waals surface area contributed by atoms with Crippen molar-refractivity contribution in [1.29, 1.82) is 0 Å². The van der Waals surface area contributed by atoms with E-state index in [1.165, 1.54) is 31.4 Å².